The third kappa shape index (κ3) is 3.00. The molecule has 0 aromatic heterocycles. The number of nitrogens with zero attached hydrogens (tertiary/aromatic N) is 2. The smallest absolute Gasteiger partial charge is 0.121 e. The molecule has 1 aliphatic rings. The highest BCUT2D eigenvalue weighted by atomic mass is 35.5. The molecule has 0 bridgehead atoms. The first-order chi connectivity index (χ1) is 8.74. The van der Waals surface area contributed by atoms with Gasteiger partial charge in [0.15, 0.2) is 0 Å². The van der Waals surface area contributed by atoms with Gasteiger partial charge in [-0.3, -0.25) is 4.99 Å². The molecule has 3 nitrogen and oxygen atoms in total. The Labute approximate surface area is 116 Å². The second kappa shape index (κ2) is 6.16. The van der Waals surface area contributed by atoms with E-state index in [2.05, 4.69) is 9.89 Å². The maximum absolute atomic E-state index is 6.33. The summed E-state index contributed by atoms with van der Waals surface area (Å²) in [6.07, 6.45) is 3.83. The lowest BCUT2D eigenvalue weighted by Gasteiger charge is -2.26. The van der Waals surface area contributed by atoms with Gasteiger partial charge in [0.25, 0.3) is 0 Å². The topological polar surface area (TPSA) is 24.8 Å². The molecule has 96 valence electrons. The van der Waals surface area contributed by atoms with E-state index in [1.165, 1.54) is 5.56 Å². The van der Waals surface area contributed by atoms with E-state index in [9.17, 15) is 0 Å². The van der Waals surface area contributed by atoms with Gasteiger partial charge >= 0.3 is 0 Å². The van der Waals surface area contributed by atoms with E-state index in [1.807, 2.05) is 36.7 Å². The van der Waals surface area contributed by atoms with Crippen LogP contribution in [0.25, 0.3) is 0 Å². The van der Waals surface area contributed by atoms with Crippen LogP contribution in [0.3, 0.4) is 0 Å². The van der Waals surface area contributed by atoms with Gasteiger partial charge in [-0.05, 0) is 24.0 Å². The fourth-order valence-electron chi connectivity index (χ4n) is 1.70. The largest absolute Gasteiger partial charge is 0.497 e. The second-order valence-corrected chi connectivity index (χ2v) is 5.06. The molecule has 18 heavy (non-hydrogen) atoms. The summed E-state index contributed by atoms with van der Waals surface area (Å²) in [7, 11) is 1.67. The third-order valence-corrected chi connectivity index (χ3v) is 3.99. The van der Waals surface area contributed by atoms with E-state index >= 15 is 0 Å². The summed E-state index contributed by atoms with van der Waals surface area (Å²) in [5.74, 6) is 0.863. The Kier molecular flexibility index (Phi) is 4.55. The number of hydrogen-bond donors (Lipinski definition) is 0. The summed E-state index contributed by atoms with van der Waals surface area (Å²) < 4.78 is 5.14. The molecule has 0 atom stereocenters. The molecular formula is C13H15ClN2OS. The number of hydrogen-bond acceptors (Lipinski definition) is 4. The van der Waals surface area contributed by atoms with Crippen molar-refractivity contribution in [1.82, 2.24) is 4.90 Å². The van der Waals surface area contributed by atoms with Crippen LogP contribution in [0, 0.1) is 0 Å². The van der Waals surface area contributed by atoms with Crippen molar-refractivity contribution in [3.05, 3.63) is 39.9 Å². The van der Waals surface area contributed by atoms with Crippen molar-refractivity contribution in [3.63, 3.8) is 0 Å². The van der Waals surface area contributed by atoms with E-state index < -0.39 is 0 Å². The van der Waals surface area contributed by atoms with Crippen LogP contribution in [0.1, 0.15) is 5.56 Å². The first-order valence-electron chi connectivity index (χ1n) is 5.56. The zero-order chi connectivity index (χ0) is 13.0. The fourth-order valence-corrected chi connectivity index (χ4v) is 2.57. The average Bonchev–Trinajstić information content (AvgIpc) is 2.42. The van der Waals surface area contributed by atoms with Gasteiger partial charge in [-0.2, -0.15) is 0 Å². The van der Waals surface area contributed by atoms with Gasteiger partial charge in [-0.25, -0.2) is 0 Å². The molecule has 0 fully saturated rings. The molecule has 1 aromatic rings. The molecule has 0 saturated carbocycles. The van der Waals surface area contributed by atoms with Crippen molar-refractivity contribution in [1.29, 1.82) is 0 Å². The van der Waals surface area contributed by atoms with Gasteiger partial charge in [0, 0.05) is 12.8 Å². The van der Waals surface area contributed by atoms with Gasteiger partial charge in [0.2, 0.25) is 0 Å². The third-order valence-electron chi connectivity index (χ3n) is 2.69. The molecule has 5 heteroatoms. The number of allylic oxidation sites excluding steroid dienone is 1. The molecule has 0 radical (unpaired) electrons. The van der Waals surface area contributed by atoms with E-state index in [0.717, 1.165) is 22.4 Å². The minimum atomic E-state index is 0.606. The van der Waals surface area contributed by atoms with Crippen molar-refractivity contribution in [2.24, 2.45) is 4.99 Å². The highest BCUT2D eigenvalue weighted by Crippen LogP contribution is 2.26. The number of thioether (sulfide) groups is 1. The zero-order valence-corrected chi connectivity index (χ0v) is 12.0. The molecule has 0 aliphatic carbocycles. The van der Waals surface area contributed by atoms with Gasteiger partial charge < -0.3 is 9.64 Å². The van der Waals surface area contributed by atoms with Crippen LogP contribution in [0.5, 0.6) is 5.75 Å². The fraction of sp³-hybridized carbons (Fsp3) is 0.308. The molecule has 0 saturated heterocycles. The summed E-state index contributed by atoms with van der Waals surface area (Å²) in [5, 5.41) is 0.772. The zero-order valence-electron chi connectivity index (χ0n) is 10.4. The van der Waals surface area contributed by atoms with Crippen molar-refractivity contribution in [2.45, 2.75) is 6.54 Å². The number of aliphatic imine (C=N–C) groups is 1. The highest BCUT2D eigenvalue weighted by molar-refractivity contribution is 8.03. The van der Waals surface area contributed by atoms with Gasteiger partial charge in [0.1, 0.15) is 17.6 Å². The second-order valence-electron chi connectivity index (χ2n) is 3.86. The Morgan fingerprint density at radius 3 is 2.72 bits per heavy atom. The number of halogens is 1. The van der Waals surface area contributed by atoms with Crippen LogP contribution in [-0.2, 0) is 6.54 Å². The normalized spacial score (nSPS) is 15.2. The van der Waals surface area contributed by atoms with E-state index in [4.69, 9.17) is 16.3 Å². The Morgan fingerprint density at radius 1 is 1.39 bits per heavy atom. The van der Waals surface area contributed by atoms with E-state index in [1.54, 1.807) is 18.9 Å². The monoisotopic (exact) mass is 282 g/mol. The van der Waals surface area contributed by atoms with Gasteiger partial charge in [-0.15, -0.1) is 11.8 Å². The number of rotatable bonds is 4. The first kappa shape index (κ1) is 13.3. The highest BCUT2D eigenvalue weighted by Gasteiger charge is 2.15. The summed E-state index contributed by atoms with van der Waals surface area (Å²) in [6.45, 7) is 1.36. The predicted octanol–water partition coefficient (Wildman–Crippen LogP) is 3.31. The minimum absolute atomic E-state index is 0.606. The first-order valence-corrected chi connectivity index (χ1v) is 7.16. The summed E-state index contributed by atoms with van der Waals surface area (Å²) in [4.78, 5) is 7.37. The molecule has 0 unspecified atom stereocenters. The lowest BCUT2D eigenvalue weighted by Crippen LogP contribution is -2.24. The predicted molar refractivity (Wildman–Crippen MR) is 78.3 cm³/mol. The van der Waals surface area contributed by atoms with Crippen molar-refractivity contribution in [2.75, 3.05) is 20.0 Å². The van der Waals surface area contributed by atoms with Crippen LogP contribution >= 0.6 is 23.4 Å². The van der Waals surface area contributed by atoms with Crippen LogP contribution in [0.15, 0.2) is 39.3 Å². The lowest BCUT2D eigenvalue weighted by molar-refractivity contribution is 0.366. The molecular weight excluding hydrogens is 268 g/mol. The summed E-state index contributed by atoms with van der Waals surface area (Å²) >= 11 is 7.94. The van der Waals surface area contributed by atoms with Crippen molar-refractivity contribution in [3.8, 4) is 5.75 Å². The SMILES string of the molecule is COc1ccc(CN2CN=CC(SC)=C2Cl)cc1. The van der Waals surface area contributed by atoms with Crippen molar-refractivity contribution < 1.29 is 4.74 Å². The van der Waals surface area contributed by atoms with E-state index in [-0.39, 0.29) is 0 Å². The van der Waals surface area contributed by atoms with E-state index in [0.29, 0.717) is 6.67 Å². The molecule has 0 spiro atoms. The number of benzene rings is 1. The molecule has 0 amide bonds. The molecule has 1 aliphatic heterocycles. The van der Waals surface area contributed by atoms with Crippen LogP contribution in [0.4, 0.5) is 0 Å². The number of methoxy groups -OCH3 is 1. The molecule has 0 N–H and O–H groups in total. The minimum Gasteiger partial charge on any atom is -0.497 e. The molecule has 2 rings (SSSR count). The molecule has 1 aromatic carbocycles. The average molecular weight is 283 g/mol. The quantitative estimate of drug-likeness (QED) is 0.792. The standard InChI is InChI=1S/C13H15ClN2OS/c1-17-11-5-3-10(4-6-11)8-16-9-15-7-12(18-2)13(16)14/h3-7H,8-9H2,1-2H3. The Balaban J connectivity index is 2.09. The number of ether oxygens (including phenoxy) is 1. The van der Waals surface area contributed by atoms with Crippen LogP contribution in [0.2, 0.25) is 0 Å². The van der Waals surface area contributed by atoms with Crippen LogP contribution < -0.4 is 4.74 Å². The Morgan fingerprint density at radius 2 is 2.11 bits per heavy atom. The van der Waals surface area contributed by atoms with Gasteiger partial charge in [-0.1, -0.05) is 23.7 Å². The maximum Gasteiger partial charge on any atom is 0.121 e. The summed E-state index contributed by atoms with van der Waals surface area (Å²) in [6, 6.07) is 7.99. The van der Waals surface area contributed by atoms with Crippen molar-refractivity contribution >= 4 is 29.6 Å². The molecule has 1 heterocycles. The Hall–Kier alpha value is -1.13. The van der Waals surface area contributed by atoms with Gasteiger partial charge in [0.05, 0.1) is 12.0 Å². The lowest BCUT2D eigenvalue weighted by atomic mass is 10.2. The Bertz CT molecular complexity index is 470. The summed E-state index contributed by atoms with van der Waals surface area (Å²) in [5.41, 5.74) is 1.19. The maximum atomic E-state index is 6.33. The van der Waals surface area contributed by atoms with Crippen LogP contribution in [-0.4, -0.2) is 31.1 Å².